The summed E-state index contributed by atoms with van der Waals surface area (Å²) in [7, 11) is 0. The Bertz CT molecular complexity index is 1400. The number of carbonyl (C=O) groups excluding carboxylic acids is 5. The summed E-state index contributed by atoms with van der Waals surface area (Å²) in [5.74, 6) is -2.40. The van der Waals surface area contributed by atoms with E-state index in [1.807, 2.05) is 4.90 Å². The van der Waals surface area contributed by atoms with Gasteiger partial charge in [0.2, 0.25) is 5.91 Å². The predicted octanol–water partition coefficient (Wildman–Crippen LogP) is 2.55. The van der Waals surface area contributed by atoms with E-state index in [-0.39, 0.29) is 41.0 Å². The predicted molar refractivity (Wildman–Crippen MR) is 135 cm³/mol. The van der Waals surface area contributed by atoms with Crippen LogP contribution >= 0.6 is 0 Å². The van der Waals surface area contributed by atoms with Crippen LogP contribution < -0.4 is 4.90 Å². The van der Waals surface area contributed by atoms with Crippen molar-refractivity contribution in [2.75, 3.05) is 37.7 Å². The van der Waals surface area contributed by atoms with Gasteiger partial charge in [-0.05, 0) is 60.7 Å². The molecule has 1 unspecified atom stereocenters. The van der Waals surface area contributed by atoms with Crippen LogP contribution in [0.2, 0.25) is 0 Å². The van der Waals surface area contributed by atoms with Crippen LogP contribution in [0.15, 0.2) is 71.3 Å². The number of halogens is 1. The third-order valence-corrected chi connectivity index (χ3v) is 6.76. The molecule has 2 aromatic carbocycles. The van der Waals surface area contributed by atoms with Crippen LogP contribution in [0.5, 0.6) is 0 Å². The summed E-state index contributed by atoms with van der Waals surface area (Å²) < 4.78 is 23.2. The smallest absolute Gasteiger partial charge is 0.338 e. The maximum Gasteiger partial charge on any atom is 0.338 e. The summed E-state index contributed by atoms with van der Waals surface area (Å²) in [5, 5.41) is 0. The number of nitrogens with zero attached hydrogens (tertiary/aromatic N) is 3. The van der Waals surface area contributed by atoms with Crippen molar-refractivity contribution in [3.8, 4) is 0 Å². The summed E-state index contributed by atoms with van der Waals surface area (Å²) in [6.45, 7) is 1.16. The molecule has 3 amide bonds. The Kier molecular flexibility index (Phi) is 7.33. The second kappa shape index (κ2) is 11.0. The molecule has 0 radical (unpaired) electrons. The maximum absolute atomic E-state index is 13.2. The molecular weight excluding hydrogens is 509 g/mol. The lowest BCUT2D eigenvalue weighted by atomic mass is 10.1. The molecule has 2 aliphatic rings. The summed E-state index contributed by atoms with van der Waals surface area (Å²) >= 11 is 0. The van der Waals surface area contributed by atoms with E-state index in [1.165, 1.54) is 42.7 Å². The molecule has 0 bridgehead atoms. The van der Waals surface area contributed by atoms with Gasteiger partial charge in [-0.3, -0.25) is 24.1 Å². The molecule has 0 aliphatic carbocycles. The Hall–Kier alpha value is -4.64. The lowest BCUT2D eigenvalue weighted by molar-refractivity contribution is -0.123. The molecule has 0 N–H and O–H groups in total. The SMILES string of the molecule is O=C(COC(=O)c1ccc(N2C(=O)CC(N3CCN(C(=O)c4ccco4)CC3)C2=O)cc1)c1ccc(F)cc1. The molecule has 3 aromatic rings. The van der Waals surface area contributed by atoms with Crippen molar-refractivity contribution in [1.82, 2.24) is 9.80 Å². The first-order chi connectivity index (χ1) is 18.8. The van der Waals surface area contributed by atoms with Gasteiger partial charge in [0.05, 0.1) is 30.0 Å². The zero-order valence-corrected chi connectivity index (χ0v) is 20.7. The minimum absolute atomic E-state index is 0.0141. The van der Waals surface area contributed by atoms with Crippen molar-refractivity contribution in [1.29, 1.82) is 0 Å². The Balaban J connectivity index is 1.16. The number of ether oxygens (including phenoxy) is 1. The third-order valence-electron chi connectivity index (χ3n) is 6.76. The Morgan fingerprint density at radius 1 is 0.897 bits per heavy atom. The highest BCUT2D eigenvalue weighted by molar-refractivity contribution is 6.22. The van der Waals surface area contributed by atoms with E-state index in [1.54, 1.807) is 17.0 Å². The van der Waals surface area contributed by atoms with Crippen LogP contribution in [-0.2, 0) is 14.3 Å². The van der Waals surface area contributed by atoms with Crippen LogP contribution in [0.1, 0.15) is 37.7 Å². The topological polar surface area (TPSA) is 117 Å². The molecule has 10 nitrogen and oxygen atoms in total. The third kappa shape index (κ3) is 5.48. The lowest BCUT2D eigenvalue weighted by Crippen LogP contribution is -2.53. The van der Waals surface area contributed by atoms with Gasteiger partial charge in [0.1, 0.15) is 5.82 Å². The molecule has 1 aromatic heterocycles. The molecule has 39 heavy (non-hydrogen) atoms. The number of Topliss-reactive ketones (excluding diaryl/α,β-unsaturated/α-hetero) is 1. The Labute approximate surface area is 222 Å². The number of furan rings is 1. The van der Waals surface area contributed by atoms with Gasteiger partial charge in [-0.15, -0.1) is 0 Å². The Morgan fingerprint density at radius 2 is 1.56 bits per heavy atom. The second-order valence-corrected chi connectivity index (χ2v) is 9.15. The lowest BCUT2D eigenvalue weighted by Gasteiger charge is -2.36. The molecular formula is C28H24FN3O7. The number of benzene rings is 2. The highest BCUT2D eigenvalue weighted by Gasteiger charge is 2.43. The highest BCUT2D eigenvalue weighted by atomic mass is 19.1. The van der Waals surface area contributed by atoms with E-state index in [2.05, 4.69) is 0 Å². The van der Waals surface area contributed by atoms with Crippen LogP contribution in [-0.4, -0.2) is 78.1 Å². The fourth-order valence-electron chi connectivity index (χ4n) is 4.65. The van der Waals surface area contributed by atoms with Gasteiger partial charge in [-0.2, -0.15) is 0 Å². The molecule has 1 atom stereocenters. The second-order valence-electron chi connectivity index (χ2n) is 9.15. The number of hydrogen-bond donors (Lipinski definition) is 0. The standard InChI is InChI=1S/C28H24FN3O7/c29-20-7-3-18(4-8-20)23(33)17-39-28(37)19-5-9-21(10-6-19)32-25(34)16-22(26(32)35)30-11-13-31(14-12-30)27(36)24-2-1-15-38-24/h1-10,15,22H,11-14,16-17H2. The van der Waals surface area contributed by atoms with Gasteiger partial charge in [0, 0.05) is 31.7 Å². The summed E-state index contributed by atoms with van der Waals surface area (Å²) in [4.78, 5) is 67.6. The first-order valence-corrected chi connectivity index (χ1v) is 12.3. The number of amides is 3. The van der Waals surface area contributed by atoms with Crippen LogP contribution in [0.3, 0.4) is 0 Å². The van der Waals surface area contributed by atoms with Gasteiger partial charge < -0.3 is 14.1 Å². The number of esters is 1. The largest absolute Gasteiger partial charge is 0.459 e. The van der Waals surface area contributed by atoms with E-state index >= 15 is 0 Å². The number of imide groups is 1. The molecule has 0 spiro atoms. The van der Waals surface area contributed by atoms with E-state index in [0.29, 0.717) is 31.9 Å². The van der Waals surface area contributed by atoms with Gasteiger partial charge in [0.15, 0.2) is 18.2 Å². The average molecular weight is 534 g/mol. The van der Waals surface area contributed by atoms with Gasteiger partial charge >= 0.3 is 5.97 Å². The minimum Gasteiger partial charge on any atom is -0.459 e. The number of hydrogen-bond acceptors (Lipinski definition) is 8. The average Bonchev–Trinajstić information content (AvgIpc) is 3.60. The monoisotopic (exact) mass is 533 g/mol. The van der Waals surface area contributed by atoms with E-state index in [0.717, 1.165) is 17.0 Å². The number of anilines is 1. The van der Waals surface area contributed by atoms with Gasteiger partial charge in [-0.1, -0.05) is 0 Å². The van der Waals surface area contributed by atoms with Crippen LogP contribution in [0.25, 0.3) is 0 Å². The fourth-order valence-corrected chi connectivity index (χ4v) is 4.65. The summed E-state index contributed by atoms with van der Waals surface area (Å²) in [6.07, 6.45) is 1.45. The van der Waals surface area contributed by atoms with Crippen LogP contribution in [0.4, 0.5) is 10.1 Å². The van der Waals surface area contributed by atoms with Gasteiger partial charge in [-0.25, -0.2) is 14.1 Å². The number of ketones is 1. The zero-order valence-electron chi connectivity index (χ0n) is 20.7. The van der Waals surface area contributed by atoms with E-state index < -0.39 is 30.2 Å². The highest BCUT2D eigenvalue weighted by Crippen LogP contribution is 2.27. The summed E-state index contributed by atoms with van der Waals surface area (Å²) in [6, 6.07) is 13.3. The number of carbonyl (C=O) groups is 5. The quantitative estimate of drug-likeness (QED) is 0.258. The zero-order chi connectivity index (χ0) is 27.5. The van der Waals surface area contributed by atoms with Crippen molar-refractivity contribution >= 4 is 35.2 Å². The molecule has 5 rings (SSSR count). The van der Waals surface area contributed by atoms with Crippen molar-refractivity contribution < 1.29 is 37.5 Å². The first kappa shape index (κ1) is 26.0. The minimum atomic E-state index is -0.754. The number of piperazine rings is 1. The van der Waals surface area contributed by atoms with Gasteiger partial charge in [0.25, 0.3) is 11.8 Å². The van der Waals surface area contributed by atoms with E-state index in [9.17, 15) is 28.4 Å². The maximum atomic E-state index is 13.2. The molecule has 2 aliphatic heterocycles. The van der Waals surface area contributed by atoms with Crippen molar-refractivity contribution in [3.63, 3.8) is 0 Å². The first-order valence-electron chi connectivity index (χ1n) is 12.3. The van der Waals surface area contributed by atoms with Crippen molar-refractivity contribution in [2.45, 2.75) is 12.5 Å². The molecule has 3 heterocycles. The summed E-state index contributed by atoms with van der Waals surface area (Å²) in [5.41, 5.74) is 0.669. The van der Waals surface area contributed by atoms with Crippen molar-refractivity contribution in [2.24, 2.45) is 0 Å². The normalized spacial score (nSPS) is 17.9. The van der Waals surface area contributed by atoms with Crippen molar-refractivity contribution in [3.05, 3.63) is 89.6 Å². The molecule has 2 fully saturated rings. The number of rotatable bonds is 7. The fraction of sp³-hybridized carbons (Fsp3) is 0.250. The van der Waals surface area contributed by atoms with Crippen LogP contribution in [0, 0.1) is 5.82 Å². The Morgan fingerprint density at radius 3 is 2.21 bits per heavy atom. The molecule has 0 saturated carbocycles. The molecule has 200 valence electrons. The van der Waals surface area contributed by atoms with E-state index in [4.69, 9.17) is 9.15 Å². The molecule has 11 heteroatoms. The molecule has 2 saturated heterocycles.